The molecule has 0 N–H and O–H groups in total. The molecule has 3 aromatic carbocycles. The number of hydrogen-bond donors (Lipinski definition) is 0. The molecule has 0 saturated heterocycles. The summed E-state index contributed by atoms with van der Waals surface area (Å²) >= 11 is 1.85. The summed E-state index contributed by atoms with van der Waals surface area (Å²) < 4.78 is 20.0. The largest absolute Gasteiger partial charge is 0.457 e. The van der Waals surface area contributed by atoms with Gasteiger partial charge < -0.3 is 4.74 Å². The summed E-state index contributed by atoms with van der Waals surface area (Å²) in [6.45, 7) is 0. The Bertz CT molecular complexity index is 1220. The lowest BCUT2D eigenvalue weighted by Crippen LogP contribution is -1.94. The van der Waals surface area contributed by atoms with Gasteiger partial charge in [-0.05, 0) is 60.5 Å². The van der Waals surface area contributed by atoms with Gasteiger partial charge >= 0.3 is 0 Å². The Morgan fingerprint density at radius 2 is 1.72 bits per heavy atom. The van der Waals surface area contributed by atoms with E-state index in [1.807, 2.05) is 66.4 Å². The Kier molecular flexibility index (Phi) is 4.78. The first-order valence-corrected chi connectivity index (χ1v) is 10.5. The number of fused-ring (bicyclic) bond motifs is 3. The summed E-state index contributed by atoms with van der Waals surface area (Å²) in [5.41, 5.74) is 3.64. The molecule has 142 valence electrons. The summed E-state index contributed by atoms with van der Waals surface area (Å²) in [6, 6.07) is 22.6. The molecule has 4 aromatic rings. The number of para-hydroxylation sites is 1. The van der Waals surface area contributed by atoms with Crippen LogP contribution in [-0.4, -0.2) is 10.7 Å². The zero-order chi connectivity index (χ0) is 19.6. The fourth-order valence-electron chi connectivity index (χ4n) is 3.54. The van der Waals surface area contributed by atoms with Gasteiger partial charge in [-0.3, -0.25) is 0 Å². The molecule has 4 heteroatoms. The van der Waals surface area contributed by atoms with Gasteiger partial charge in [0.1, 0.15) is 17.3 Å². The molecule has 0 spiro atoms. The molecule has 1 aliphatic rings. The van der Waals surface area contributed by atoms with Crippen LogP contribution in [0.25, 0.3) is 23.1 Å². The first-order valence-electron chi connectivity index (χ1n) is 9.53. The minimum Gasteiger partial charge on any atom is -0.457 e. The van der Waals surface area contributed by atoms with E-state index >= 15 is 0 Å². The lowest BCUT2D eigenvalue weighted by molar-refractivity contribution is 0.483. The molecule has 0 atom stereocenters. The summed E-state index contributed by atoms with van der Waals surface area (Å²) in [5, 5.41) is 1.11. The van der Waals surface area contributed by atoms with Gasteiger partial charge in [-0.25, -0.2) is 9.37 Å². The number of halogens is 1. The zero-order valence-corrected chi connectivity index (χ0v) is 16.5. The van der Waals surface area contributed by atoms with Crippen molar-refractivity contribution >= 4 is 34.8 Å². The lowest BCUT2D eigenvalue weighted by Gasteiger charge is -2.11. The van der Waals surface area contributed by atoms with E-state index in [9.17, 15) is 4.39 Å². The Hall–Kier alpha value is -3.11. The third-order valence-electron chi connectivity index (χ3n) is 4.94. The van der Waals surface area contributed by atoms with Gasteiger partial charge in [-0.2, -0.15) is 0 Å². The van der Waals surface area contributed by atoms with Gasteiger partial charge in [-0.15, -0.1) is 11.8 Å². The van der Waals surface area contributed by atoms with E-state index in [1.165, 1.54) is 16.5 Å². The maximum atomic E-state index is 14.0. The van der Waals surface area contributed by atoms with E-state index in [4.69, 9.17) is 9.72 Å². The van der Waals surface area contributed by atoms with Crippen LogP contribution >= 0.6 is 11.8 Å². The van der Waals surface area contributed by atoms with Crippen molar-refractivity contribution in [1.82, 2.24) is 4.98 Å². The lowest BCUT2D eigenvalue weighted by atomic mass is 10.1. The van der Waals surface area contributed by atoms with Crippen LogP contribution in [0.5, 0.6) is 11.5 Å². The third kappa shape index (κ3) is 3.64. The Morgan fingerprint density at radius 3 is 2.59 bits per heavy atom. The molecule has 0 unspecified atom stereocenters. The molecule has 5 rings (SSSR count). The zero-order valence-electron chi connectivity index (χ0n) is 15.6. The van der Waals surface area contributed by atoms with Crippen molar-refractivity contribution in [3.63, 3.8) is 0 Å². The first-order chi connectivity index (χ1) is 14.3. The van der Waals surface area contributed by atoms with Crippen LogP contribution in [0.4, 0.5) is 4.39 Å². The van der Waals surface area contributed by atoms with Crippen molar-refractivity contribution in [2.24, 2.45) is 0 Å². The maximum Gasteiger partial charge on any atom is 0.130 e. The minimum atomic E-state index is -0.224. The highest BCUT2D eigenvalue weighted by Crippen LogP contribution is 2.40. The summed E-state index contributed by atoms with van der Waals surface area (Å²) in [7, 11) is 0. The van der Waals surface area contributed by atoms with Gasteiger partial charge in [0.15, 0.2) is 0 Å². The molecular weight excluding hydrogens is 381 g/mol. The standard InChI is InChI=1S/C25H18FNOS/c26-22-9-5-4-6-17(22)10-12-23-20-14-15-29-25(20)21-16-19(11-13-24(21)27-23)28-18-7-2-1-3-8-18/h1-13,16H,14-15H2. The highest BCUT2D eigenvalue weighted by molar-refractivity contribution is 7.99. The molecule has 0 saturated carbocycles. The molecule has 0 amide bonds. The molecule has 1 aliphatic heterocycles. The molecule has 29 heavy (non-hydrogen) atoms. The van der Waals surface area contributed by atoms with Crippen molar-refractivity contribution in [2.75, 3.05) is 5.75 Å². The summed E-state index contributed by atoms with van der Waals surface area (Å²) in [5.74, 6) is 2.42. The SMILES string of the molecule is Fc1ccccc1C=Cc1nc2ccc(Oc3ccccc3)cc2c2c1CCS2. The number of hydrogen-bond acceptors (Lipinski definition) is 3. The third-order valence-corrected chi connectivity index (χ3v) is 6.10. The second-order valence-corrected chi connectivity index (χ2v) is 7.96. The smallest absolute Gasteiger partial charge is 0.130 e. The predicted octanol–water partition coefficient (Wildman–Crippen LogP) is 6.98. The van der Waals surface area contributed by atoms with Crippen LogP contribution in [0.1, 0.15) is 16.8 Å². The summed E-state index contributed by atoms with van der Waals surface area (Å²) in [6.07, 6.45) is 4.69. The van der Waals surface area contributed by atoms with E-state index < -0.39 is 0 Å². The average Bonchev–Trinajstić information content (AvgIpc) is 3.24. The normalized spacial score (nSPS) is 13.1. The van der Waals surface area contributed by atoms with Gasteiger partial charge in [0, 0.05) is 21.6 Å². The number of thioether (sulfide) groups is 1. The number of aromatic nitrogens is 1. The van der Waals surface area contributed by atoms with Crippen molar-refractivity contribution in [3.05, 3.63) is 95.4 Å². The number of nitrogens with zero attached hydrogens (tertiary/aromatic N) is 1. The number of benzene rings is 3. The quantitative estimate of drug-likeness (QED) is 0.369. The number of ether oxygens (including phenoxy) is 1. The van der Waals surface area contributed by atoms with Crippen LogP contribution in [0.15, 0.2) is 77.7 Å². The van der Waals surface area contributed by atoms with E-state index in [2.05, 4.69) is 6.07 Å². The topological polar surface area (TPSA) is 22.1 Å². The molecular formula is C25H18FNOS. The fraction of sp³-hybridized carbons (Fsp3) is 0.0800. The van der Waals surface area contributed by atoms with Crippen LogP contribution in [0.2, 0.25) is 0 Å². The Balaban J connectivity index is 1.54. The molecule has 1 aromatic heterocycles. The molecule has 0 aliphatic carbocycles. The van der Waals surface area contributed by atoms with Gasteiger partial charge in [0.25, 0.3) is 0 Å². The van der Waals surface area contributed by atoms with Crippen molar-refractivity contribution in [2.45, 2.75) is 11.3 Å². The Morgan fingerprint density at radius 1 is 0.897 bits per heavy atom. The van der Waals surface area contributed by atoms with Gasteiger partial charge in [0.2, 0.25) is 0 Å². The van der Waals surface area contributed by atoms with Crippen LogP contribution in [-0.2, 0) is 6.42 Å². The molecule has 0 bridgehead atoms. The van der Waals surface area contributed by atoms with E-state index in [0.29, 0.717) is 5.56 Å². The van der Waals surface area contributed by atoms with Gasteiger partial charge in [0.05, 0.1) is 11.2 Å². The molecule has 2 heterocycles. The fourth-order valence-corrected chi connectivity index (χ4v) is 4.75. The monoisotopic (exact) mass is 399 g/mol. The highest BCUT2D eigenvalue weighted by atomic mass is 32.2. The predicted molar refractivity (Wildman–Crippen MR) is 118 cm³/mol. The van der Waals surface area contributed by atoms with E-state index in [0.717, 1.165) is 40.3 Å². The van der Waals surface area contributed by atoms with Crippen molar-refractivity contribution < 1.29 is 9.13 Å². The van der Waals surface area contributed by atoms with Gasteiger partial charge in [-0.1, -0.05) is 36.4 Å². The average molecular weight is 399 g/mol. The molecule has 2 nitrogen and oxygen atoms in total. The van der Waals surface area contributed by atoms with Crippen molar-refractivity contribution in [1.29, 1.82) is 0 Å². The summed E-state index contributed by atoms with van der Waals surface area (Å²) in [4.78, 5) is 6.11. The maximum absolute atomic E-state index is 14.0. The second-order valence-electron chi connectivity index (χ2n) is 6.85. The minimum absolute atomic E-state index is 0.224. The van der Waals surface area contributed by atoms with E-state index in [1.54, 1.807) is 18.2 Å². The van der Waals surface area contributed by atoms with Crippen LogP contribution in [0.3, 0.4) is 0 Å². The van der Waals surface area contributed by atoms with Crippen LogP contribution in [0, 0.1) is 5.82 Å². The molecule has 0 fully saturated rings. The number of rotatable bonds is 4. The van der Waals surface area contributed by atoms with Crippen LogP contribution < -0.4 is 4.74 Å². The van der Waals surface area contributed by atoms with E-state index in [-0.39, 0.29) is 5.82 Å². The second kappa shape index (κ2) is 7.72. The van der Waals surface area contributed by atoms with Crippen molar-refractivity contribution in [3.8, 4) is 11.5 Å². The first kappa shape index (κ1) is 18.0. The Labute approximate surface area is 173 Å². The number of pyridine rings is 1. The highest BCUT2D eigenvalue weighted by Gasteiger charge is 2.20. The molecule has 0 radical (unpaired) electrons.